The van der Waals surface area contributed by atoms with Gasteiger partial charge in [-0.05, 0) is 161 Å². The van der Waals surface area contributed by atoms with Gasteiger partial charge >= 0.3 is 11.9 Å². The van der Waals surface area contributed by atoms with Gasteiger partial charge in [-0.15, -0.1) is 0 Å². The van der Waals surface area contributed by atoms with Crippen molar-refractivity contribution in [3.05, 3.63) is 47.5 Å². The monoisotopic (exact) mass is 714 g/mol. The van der Waals surface area contributed by atoms with Gasteiger partial charge in [0.15, 0.2) is 0 Å². The van der Waals surface area contributed by atoms with Crippen LogP contribution in [0.5, 0.6) is 0 Å². The fraction of sp³-hybridized carbons (Fsp3) is 0.761. The lowest BCUT2D eigenvalue weighted by Gasteiger charge is -2.72. The zero-order valence-electron chi connectivity index (χ0n) is 33.5. The summed E-state index contributed by atoms with van der Waals surface area (Å²) in [5.41, 5.74) is 2.69. The minimum absolute atomic E-state index is 0.106. The Hall–Kier alpha value is -2.63. The Kier molecular flexibility index (Phi) is 9.22. The lowest BCUT2D eigenvalue weighted by atomic mass is 9.32. The van der Waals surface area contributed by atoms with E-state index in [1.807, 2.05) is 0 Å². The quantitative estimate of drug-likeness (QED) is 0.217. The maximum Gasteiger partial charge on any atom is 0.309 e. The molecular formula is C46H67NO5. The number of fused-ring (bicyclic) bond motifs is 8. The van der Waals surface area contributed by atoms with Crippen molar-refractivity contribution in [2.24, 2.45) is 62.1 Å². The minimum atomic E-state index is -1.15. The van der Waals surface area contributed by atoms with E-state index in [0.29, 0.717) is 35.5 Å². The van der Waals surface area contributed by atoms with E-state index in [4.69, 9.17) is 4.74 Å². The van der Waals surface area contributed by atoms with Crippen LogP contribution in [0, 0.1) is 62.1 Å². The molecule has 0 radical (unpaired) electrons. The lowest BCUT2D eigenvalue weighted by Crippen LogP contribution is -2.67. The van der Waals surface area contributed by atoms with Gasteiger partial charge in [0.25, 0.3) is 0 Å². The fourth-order valence-corrected chi connectivity index (χ4v) is 14.6. The van der Waals surface area contributed by atoms with Gasteiger partial charge in [0.1, 0.15) is 6.10 Å². The van der Waals surface area contributed by atoms with E-state index < -0.39 is 17.4 Å². The number of carboxylic acid groups (broad SMARTS) is 1. The Morgan fingerprint density at radius 1 is 0.885 bits per heavy atom. The Morgan fingerprint density at radius 3 is 2.33 bits per heavy atom. The molecule has 0 unspecified atom stereocenters. The number of amides is 1. The maximum atomic E-state index is 14.9. The lowest BCUT2D eigenvalue weighted by molar-refractivity contribution is -0.249. The number of esters is 1. The maximum absolute atomic E-state index is 14.9. The molecule has 2 N–H and O–H groups in total. The number of ether oxygens (including phenoxy) is 1. The number of nitrogens with one attached hydrogen (secondary N) is 1. The number of benzene rings is 1. The number of carbonyl (C=O) groups excluding carboxylic acids is 2. The normalized spacial score (nSPS) is 42.0. The van der Waals surface area contributed by atoms with Gasteiger partial charge in [-0.2, -0.15) is 0 Å². The van der Waals surface area contributed by atoms with Crippen molar-refractivity contribution >= 4 is 17.8 Å². The molecule has 0 spiro atoms. The number of aliphatic carboxylic acids is 1. The highest BCUT2D eigenvalue weighted by Gasteiger charge is 2.72. The summed E-state index contributed by atoms with van der Waals surface area (Å²) in [6.07, 6.45) is 13.5. The van der Waals surface area contributed by atoms with Crippen LogP contribution in [0.3, 0.4) is 0 Å². The molecule has 1 amide bonds. The first-order valence-corrected chi connectivity index (χ1v) is 20.8. The first-order valence-electron chi connectivity index (χ1n) is 20.8. The third-order valence-electron chi connectivity index (χ3n) is 17.6. The van der Waals surface area contributed by atoms with Crippen LogP contribution in [0.25, 0.3) is 0 Å². The molecule has 1 aromatic rings. The molecule has 0 aliphatic heterocycles. The summed E-state index contributed by atoms with van der Waals surface area (Å²) in [5.74, 6) is 1.12. The smallest absolute Gasteiger partial charge is 0.309 e. The standard InChI is InChI=1S/C46H67NO5/c1-28(2)30-19-24-46(39(49)47-33-16-12-14-29-13-10-11-15-31(29)33)26-25-44(8)32(38(30)46)17-18-35-43(7)22-21-36(52-37(48)27-41(3,4)40(50)51)42(5,6)34(43)20-23-45(35,44)9/h10-11,13,15,30,32-36,38H,1,12,14,16-27H2,2-9H3,(H,47,49)(H,50,51)/t30-,32+,33+,34-,35+,36-,38+,43-,44+,45+,46-/m0/s1. The molecule has 0 bridgehead atoms. The van der Waals surface area contributed by atoms with Crippen molar-refractivity contribution in [2.45, 2.75) is 157 Å². The number of hydrogen-bond acceptors (Lipinski definition) is 4. The van der Waals surface area contributed by atoms with Gasteiger partial charge in [0.05, 0.1) is 23.3 Å². The van der Waals surface area contributed by atoms with Crippen molar-refractivity contribution < 1.29 is 24.2 Å². The molecule has 11 atom stereocenters. The Labute approximate surface area is 313 Å². The first kappa shape index (κ1) is 37.7. The summed E-state index contributed by atoms with van der Waals surface area (Å²) in [5, 5.41) is 13.3. The van der Waals surface area contributed by atoms with Gasteiger partial charge in [-0.3, -0.25) is 14.4 Å². The number of hydrogen-bond donors (Lipinski definition) is 2. The molecule has 0 heterocycles. The molecule has 6 heteroatoms. The highest BCUT2D eigenvalue weighted by molar-refractivity contribution is 5.84. The van der Waals surface area contributed by atoms with Gasteiger partial charge in [0, 0.05) is 5.41 Å². The van der Waals surface area contributed by atoms with Crippen LogP contribution in [0.1, 0.15) is 156 Å². The van der Waals surface area contributed by atoms with E-state index in [1.54, 1.807) is 13.8 Å². The Bertz CT molecular complexity index is 1630. The third kappa shape index (κ3) is 5.48. The Balaban J connectivity index is 1.15. The van der Waals surface area contributed by atoms with E-state index in [2.05, 4.69) is 77.7 Å². The number of allylic oxidation sites excluding steroid dienone is 1. The highest BCUT2D eigenvalue weighted by Crippen LogP contribution is 2.77. The molecule has 0 aromatic heterocycles. The molecule has 5 fully saturated rings. The number of carboxylic acids is 1. The van der Waals surface area contributed by atoms with E-state index in [0.717, 1.165) is 77.0 Å². The van der Waals surface area contributed by atoms with Crippen LogP contribution in [0.4, 0.5) is 0 Å². The molecule has 1 aromatic carbocycles. The zero-order chi connectivity index (χ0) is 37.6. The minimum Gasteiger partial charge on any atom is -0.481 e. The van der Waals surface area contributed by atoms with Crippen LogP contribution in [0.15, 0.2) is 36.4 Å². The van der Waals surface area contributed by atoms with Crippen molar-refractivity contribution in [2.75, 3.05) is 0 Å². The summed E-state index contributed by atoms with van der Waals surface area (Å²) < 4.78 is 6.19. The van der Waals surface area contributed by atoms with Crippen LogP contribution < -0.4 is 5.32 Å². The third-order valence-corrected chi connectivity index (χ3v) is 17.6. The second kappa shape index (κ2) is 12.7. The van der Waals surface area contributed by atoms with Gasteiger partial charge < -0.3 is 15.2 Å². The summed E-state index contributed by atoms with van der Waals surface area (Å²) in [6.45, 7) is 22.4. The van der Waals surface area contributed by atoms with Crippen molar-refractivity contribution in [1.82, 2.24) is 5.32 Å². The van der Waals surface area contributed by atoms with E-state index in [1.165, 1.54) is 23.1 Å². The number of carbonyl (C=O) groups is 3. The topological polar surface area (TPSA) is 92.7 Å². The van der Waals surface area contributed by atoms with E-state index in [9.17, 15) is 19.5 Å². The first-order chi connectivity index (χ1) is 24.3. The molecule has 52 heavy (non-hydrogen) atoms. The second-order valence-electron chi connectivity index (χ2n) is 20.7. The molecule has 286 valence electrons. The molecule has 6 aliphatic carbocycles. The SMILES string of the molecule is C=C(C)[C@@H]1CC[C@]2(C(=O)N[C@@H]3CCCc4ccccc43)CC[C@]3(C)[C@H](CC[C@@H]4[C@@]5(C)CC[C@H](OC(=O)CC(C)(C)C(=O)O)C(C)(C)[C@@H]5CC[C@]43C)[C@@H]12. The zero-order valence-corrected chi connectivity index (χ0v) is 33.5. The highest BCUT2D eigenvalue weighted by atomic mass is 16.5. The number of aryl methyl sites for hydroxylation is 1. The van der Waals surface area contributed by atoms with E-state index >= 15 is 0 Å². The molecule has 5 saturated carbocycles. The van der Waals surface area contributed by atoms with Crippen molar-refractivity contribution in [3.63, 3.8) is 0 Å². The van der Waals surface area contributed by atoms with Crippen LogP contribution >= 0.6 is 0 Å². The van der Waals surface area contributed by atoms with Gasteiger partial charge in [0.2, 0.25) is 5.91 Å². The molecule has 6 aliphatic rings. The van der Waals surface area contributed by atoms with Gasteiger partial charge in [-0.1, -0.05) is 71.0 Å². The second-order valence-corrected chi connectivity index (χ2v) is 20.7. The average Bonchev–Trinajstić information content (AvgIpc) is 3.48. The van der Waals surface area contributed by atoms with Crippen LogP contribution in [0.2, 0.25) is 0 Å². The summed E-state index contributed by atoms with van der Waals surface area (Å²) in [6, 6.07) is 8.84. The average molecular weight is 714 g/mol. The summed E-state index contributed by atoms with van der Waals surface area (Å²) in [7, 11) is 0. The number of rotatable bonds is 7. The van der Waals surface area contributed by atoms with Crippen molar-refractivity contribution in [1.29, 1.82) is 0 Å². The predicted molar refractivity (Wildman–Crippen MR) is 205 cm³/mol. The summed E-state index contributed by atoms with van der Waals surface area (Å²) in [4.78, 5) is 39.8. The predicted octanol–water partition coefficient (Wildman–Crippen LogP) is 10.3. The fourth-order valence-electron chi connectivity index (χ4n) is 14.6. The van der Waals surface area contributed by atoms with Crippen LogP contribution in [-0.2, 0) is 25.5 Å². The van der Waals surface area contributed by atoms with Crippen LogP contribution in [-0.4, -0.2) is 29.1 Å². The molecule has 0 saturated heterocycles. The van der Waals surface area contributed by atoms with Gasteiger partial charge in [-0.25, -0.2) is 0 Å². The molecule has 6 nitrogen and oxygen atoms in total. The van der Waals surface area contributed by atoms with E-state index in [-0.39, 0.29) is 45.6 Å². The van der Waals surface area contributed by atoms with Crippen molar-refractivity contribution in [3.8, 4) is 0 Å². The Morgan fingerprint density at radius 2 is 1.62 bits per heavy atom. The molecule has 7 rings (SSSR count). The summed E-state index contributed by atoms with van der Waals surface area (Å²) >= 11 is 0. The largest absolute Gasteiger partial charge is 0.481 e. The molecular weight excluding hydrogens is 647 g/mol.